The molecule has 1 atom stereocenters. The second-order valence-corrected chi connectivity index (χ2v) is 7.62. The molecular formula is C21H31IN4O2S. The zero-order chi connectivity index (χ0) is 19.6. The van der Waals surface area contributed by atoms with Crippen molar-refractivity contribution in [2.24, 2.45) is 4.99 Å². The zero-order valence-corrected chi connectivity index (χ0v) is 20.2. The summed E-state index contributed by atoms with van der Waals surface area (Å²) < 4.78 is 10.9. The summed E-state index contributed by atoms with van der Waals surface area (Å²) in [7, 11) is 1.70. The first-order valence-electron chi connectivity index (χ1n) is 9.80. The molecule has 1 aliphatic rings. The van der Waals surface area contributed by atoms with Crippen LogP contribution < -0.4 is 15.4 Å². The Kier molecular flexibility index (Phi) is 10.8. The Morgan fingerprint density at radius 1 is 1.21 bits per heavy atom. The Hall–Kier alpha value is -1.36. The Balaban J connectivity index is 0.00000300. The van der Waals surface area contributed by atoms with E-state index in [0.717, 1.165) is 51.1 Å². The van der Waals surface area contributed by atoms with Crippen molar-refractivity contribution in [1.82, 2.24) is 15.5 Å². The number of nitrogens with zero attached hydrogens (tertiary/aromatic N) is 2. The average molecular weight is 530 g/mol. The van der Waals surface area contributed by atoms with Gasteiger partial charge < -0.3 is 20.1 Å². The van der Waals surface area contributed by atoms with E-state index in [9.17, 15) is 0 Å². The molecule has 1 saturated heterocycles. The highest BCUT2D eigenvalue weighted by Gasteiger charge is 2.23. The molecule has 1 aliphatic heterocycles. The van der Waals surface area contributed by atoms with E-state index in [1.165, 1.54) is 10.4 Å². The van der Waals surface area contributed by atoms with Gasteiger partial charge in [0, 0.05) is 31.1 Å². The molecule has 0 radical (unpaired) electrons. The van der Waals surface area contributed by atoms with Crippen LogP contribution in [0.4, 0.5) is 0 Å². The quantitative estimate of drug-likeness (QED) is 0.311. The standard InChI is InChI=1S/C21H30N4O2S.HI/c1-3-22-21(23-15-19-5-4-14-28-19)24-16-20(25-10-12-27-13-11-25)17-6-8-18(26-2)9-7-17;/h4-9,14,20H,3,10-13,15-16H2,1-2H3,(H2,22,23,24);1H. The second kappa shape index (κ2) is 13.0. The van der Waals surface area contributed by atoms with Crippen molar-refractivity contribution >= 4 is 41.3 Å². The van der Waals surface area contributed by atoms with Crippen molar-refractivity contribution in [3.05, 3.63) is 52.2 Å². The Morgan fingerprint density at radius 2 is 1.97 bits per heavy atom. The molecule has 8 heteroatoms. The molecule has 2 aromatic rings. The van der Waals surface area contributed by atoms with Gasteiger partial charge in [-0.3, -0.25) is 4.90 Å². The molecule has 29 heavy (non-hydrogen) atoms. The van der Waals surface area contributed by atoms with Gasteiger partial charge in [-0.2, -0.15) is 0 Å². The van der Waals surface area contributed by atoms with Gasteiger partial charge in [0.1, 0.15) is 5.75 Å². The van der Waals surface area contributed by atoms with Crippen LogP contribution in [0, 0.1) is 0 Å². The zero-order valence-electron chi connectivity index (χ0n) is 17.1. The number of benzene rings is 1. The summed E-state index contributed by atoms with van der Waals surface area (Å²) in [6.07, 6.45) is 0. The van der Waals surface area contributed by atoms with Gasteiger partial charge in [-0.05, 0) is 36.1 Å². The van der Waals surface area contributed by atoms with Gasteiger partial charge in [0.15, 0.2) is 5.96 Å². The summed E-state index contributed by atoms with van der Waals surface area (Å²) in [6, 6.07) is 12.8. The van der Waals surface area contributed by atoms with Gasteiger partial charge in [0.25, 0.3) is 0 Å². The Bertz CT molecular complexity index is 719. The molecule has 0 bridgehead atoms. The fourth-order valence-corrected chi connectivity index (χ4v) is 3.90. The minimum atomic E-state index is 0. The van der Waals surface area contributed by atoms with Crippen LogP contribution >= 0.6 is 35.3 Å². The number of nitrogens with one attached hydrogen (secondary N) is 2. The van der Waals surface area contributed by atoms with Crippen LogP contribution in [0.5, 0.6) is 5.75 Å². The third kappa shape index (κ3) is 7.44. The molecule has 0 saturated carbocycles. The van der Waals surface area contributed by atoms with E-state index in [1.807, 2.05) is 12.1 Å². The molecule has 0 aliphatic carbocycles. The minimum absolute atomic E-state index is 0. The van der Waals surface area contributed by atoms with Crippen molar-refractivity contribution in [1.29, 1.82) is 0 Å². The van der Waals surface area contributed by atoms with Gasteiger partial charge in [0.2, 0.25) is 0 Å². The fourth-order valence-electron chi connectivity index (χ4n) is 3.27. The molecule has 1 aromatic carbocycles. The molecule has 0 amide bonds. The van der Waals surface area contributed by atoms with Gasteiger partial charge in [-0.1, -0.05) is 18.2 Å². The topological polar surface area (TPSA) is 58.1 Å². The van der Waals surface area contributed by atoms with Crippen LogP contribution in [0.2, 0.25) is 0 Å². The predicted molar refractivity (Wildman–Crippen MR) is 131 cm³/mol. The van der Waals surface area contributed by atoms with E-state index in [1.54, 1.807) is 18.4 Å². The third-order valence-electron chi connectivity index (χ3n) is 4.77. The lowest BCUT2D eigenvalue weighted by molar-refractivity contribution is 0.0170. The second-order valence-electron chi connectivity index (χ2n) is 6.59. The van der Waals surface area contributed by atoms with E-state index in [2.05, 4.69) is 52.1 Å². The average Bonchev–Trinajstić information content (AvgIpc) is 3.27. The molecule has 1 aromatic heterocycles. The van der Waals surface area contributed by atoms with Crippen molar-refractivity contribution in [3.63, 3.8) is 0 Å². The summed E-state index contributed by atoms with van der Waals surface area (Å²) in [5.41, 5.74) is 1.27. The van der Waals surface area contributed by atoms with Crippen LogP contribution in [0.3, 0.4) is 0 Å². The molecule has 1 fully saturated rings. The lowest BCUT2D eigenvalue weighted by atomic mass is 10.0. The van der Waals surface area contributed by atoms with Crippen LogP contribution in [0.25, 0.3) is 0 Å². The number of halogens is 1. The van der Waals surface area contributed by atoms with E-state index in [-0.39, 0.29) is 30.0 Å². The summed E-state index contributed by atoms with van der Waals surface area (Å²) in [6.45, 7) is 7.81. The van der Waals surface area contributed by atoms with Crippen LogP contribution in [-0.2, 0) is 11.3 Å². The Labute approximate surface area is 194 Å². The summed E-state index contributed by atoms with van der Waals surface area (Å²) in [4.78, 5) is 8.47. The number of aliphatic imine (C=N–C) groups is 1. The summed E-state index contributed by atoms with van der Waals surface area (Å²) in [5.74, 6) is 1.73. The smallest absolute Gasteiger partial charge is 0.191 e. The maximum Gasteiger partial charge on any atom is 0.191 e. The molecule has 0 spiro atoms. The lowest BCUT2D eigenvalue weighted by Crippen LogP contribution is -2.46. The van der Waals surface area contributed by atoms with Crippen molar-refractivity contribution in [3.8, 4) is 5.75 Å². The van der Waals surface area contributed by atoms with Crippen molar-refractivity contribution in [2.75, 3.05) is 46.5 Å². The number of hydrogen-bond acceptors (Lipinski definition) is 5. The predicted octanol–water partition coefficient (Wildman–Crippen LogP) is 3.50. The van der Waals surface area contributed by atoms with Gasteiger partial charge in [-0.25, -0.2) is 4.99 Å². The van der Waals surface area contributed by atoms with Gasteiger partial charge >= 0.3 is 0 Å². The van der Waals surface area contributed by atoms with E-state index >= 15 is 0 Å². The van der Waals surface area contributed by atoms with E-state index in [4.69, 9.17) is 14.5 Å². The number of rotatable bonds is 8. The minimum Gasteiger partial charge on any atom is -0.497 e. The normalized spacial score (nSPS) is 16.0. The van der Waals surface area contributed by atoms with Crippen molar-refractivity contribution < 1.29 is 9.47 Å². The Morgan fingerprint density at radius 3 is 2.59 bits per heavy atom. The molecule has 3 rings (SSSR count). The van der Waals surface area contributed by atoms with Crippen LogP contribution in [-0.4, -0.2) is 57.4 Å². The van der Waals surface area contributed by atoms with E-state index in [0.29, 0.717) is 6.54 Å². The highest BCUT2D eigenvalue weighted by Crippen LogP contribution is 2.23. The largest absolute Gasteiger partial charge is 0.497 e. The van der Waals surface area contributed by atoms with Gasteiger partial charge in [-0.15, -0.1) is 35.3 Å². The maximum atomic E-state index is 5.55. The summed E-state index contributed by atoms with van der Waals surface area (Å²) >= 11 is 1.73. The molecule has 1 unspecified atom stereocenters. The molecule has 160 valence electrons. The SMILES string of the molecule is CCNC(=NCc1cccs1)NCC(c1ccc(OC)cc1)N1CCOCC1.I. The number of morpholine rings is 1. The maximum absolute atomic E-state index is 5.55. The molecule has 6 nitrogen and oxygen atoms in total. The van der Waals surface area contributed by atoms with Crippen molar-refractivity contribution in [2.45, 2.75) is 19.5 Å². The first-order valence-corrected chi connectivity index (χ1v) is 10.7. The number of hydrogen-bond donors (Lipinski definition) is 2. The van der Waals surface area contributed by atoms with Gasteiger partial charge in [0.05, 0.1) is 32.9 Å². The summed E-state index contributed by atoms with van der Waals surface area (Å²) in [5, 5.41) is 8.98. The van der Waals surface area contributed by atoms with Crippen LogP contribution in [0.15, 0.2) is 46.8 Å². The number of thiophene rings is 1. The molecule has 2 N–H and O–H groups in total. The fraction of sp³-hybridized carbons (Fsp3) is 0.476. The van der Waals surface area contributed by atoms with E-state index < -0.39 is 0 Å². The molecular weight excluding hydrogens is 499 g/mol. The number of methoxy groups -OCH3 is 1. The highest BCUT2D eigenvalue weighted by atomic mass is 127. The molecule has 2 heterocycles. The first kappa shape index (κ1) is 23.9. The number of ether oxygens (including phenoxy) is 2. The highest BCUT2D eigenvalue weighted by molar-refractivity contribution is 14.0. The van der Waals surface area contributed by atoms with Crippen LogP contribution in [0.1, 0.15) is 23.4 Å². The first-order chi connectivity index (χ1) is 13.8. The monoisotopic (exact) mass is 530 g/mol. The third-order valence-corrected chi connectivity index (χ3v) is 5.63. The number of guanidine groups is 1. The lowest BCUT2D eigenvalue weighted by Gasteiger charge is -2.35.